The van der Waals surface area contributed by atoms with Gasteiger partial charge in [0.05, 0.1) is 6.61 Å². The third kappa shape index (κ3) is 4.43. The number of hydrogen-bond donors (Lipinski definition) is 1. The quantitative estimate of drug-likeness (QED) is 0.689. The zero-order valence-corrected chi connectivity index (χ0v) is 16.1. The van der Waals surface area contributed by atoms with E-state index in [0.717, 1.165) is 11.3 Å². The van der Waals surface area contributed by atoms with Crippen LogP contribution in [0.3, 0.4) is 0 Å². The minimum Gasteiger partial charge on any atom is -0.412 e. The molecule has 4 heteroatoms. The Hall–Kier alpha value is -1.13. The molecule has 1 amide bonds. The molecule has 1 N–H and O–H groups in total. The van der Waals surface area contributed by atoms with Gasteiger partial charge in [-0.25, -0.2) is 0 Å². The third-order valence-corrected chi connectivity index (χ3v) is 10.5. The predicted molar refractivity (Wildman–Crippen MR) is 96.6 cm³/mol. The molecule has 0 aliphatic rings. The van der Waals surface area contributed by atoms with Crippen LogP contribution >= 0.6 is 0 Å². The van der Waals surface area contributed by atoms with Gasteiger partial charge < -0.3 is 9.74 Å². The van der Waals surface area contributed by atoms with E-state index in [-0.39, 0.29) is 5.91 Å². The summed E-state index contributed by atoms with van der Waals surface area (Å²) < 4.78 is 6.57. The minimum absolute atomic E-state index is 0.0464. The molecule has 0 aromatic heterocycles. The van der Waals surface area contributed by atoms with E-state index in [4.69, 9.17) is 4.43 Å². The van der Waals surface area contributed by atoms with Crippen molar-refractivity contribution in [3.05, 3.63) is 29.8 Å². The van der Waals surface area contributed by atoms with Gasteiger partial charge in [0.15, 0.2) is 0 Å². The van der Waals surface area contributed by atoms with E-state index in [1.165, 1.54) is 6.92 Å². The van der Waals surface area contributed by atoms with Gasteiger partial charge in [0.25, 0.3) is 0 Å². The second-order valence-corrected chi connectivity index (χ2v) is 12.4. The SMILES string of the molecule is CC(=O)Nc1ccc(CO[Si](C(C)C)(C(C)C)C(C)C)cc1. The molecule has 124 valence electrons. The average Bonchev–Trinajstić information content (AvgIpc) is 2.39. The monoisotopic (exact) mass is 321 g/mol. The molecule has 0 fully saturated rings. The lowest BCUT2D eigenvalue weighted by Gasteiger charge is -2.42. The summed E-state index contributed by atoms with van der Waals surface area (Å²) in [5.41, 5.74) is 3.76. The standard InChI is InChI=1S/C18H31NO2Si/c1-13(2)22(14(3)4,15(5)6)21-12-17-8-10-18(11-9-17)19-16(7)20/h8-11,13-15H,12H2,1-7H3,(H,19,20). The number of rotatable bonds is 7. The Labute approximate surface area is 136 Å². The van der Waals surface area contributed by atoms with Crippen molar-refractivity contribution in [2.45, 2.75) is 71.7 Å². The van der Waals surface area contributed by atoms with E-state index in [1.807, 2.05) is 24.3 Å². The highest BCUT2D eigenvalue weighted by Crippen LogP contribution is 2.42. The molecule has 1 aromatic rings. The van der Waals surface area contributed by atoms with Crippen LogP contribution in [-0.4, -0.2) is 14.2 Å². The van der Waals surface area contributed by atoms with Crippen LogP contribution in [0.4, 0.5) is 5.69 Å². The fourth-order valence-corrected chi connectivity index (χ4v) is 9.01. The average molecular weight is 322 g/mol. The van der Waals surface area contributed by atoms with E-state index in [0.29, 0.717) is 23.2 Å². The lowest BCUT2D eigenvalue weighted by atomic mass is 10.2. The molecule has 0 atom stereocenters. The van der Waals surface area contributed by atoms with Gasteiger partial charge in [-0.1, -0.05) is 53.7 Å². The van der Waals surface area contributed by atoms with Crippen LogP contribution in [0.25, 0.3) is 0 Å². The number of carbonyl (C=O) groups is 1. The Morgan fingerprint density at radius 3 is 1.82 bits per heavy atom. The van der Waals surface area contributed by atoms with Crippen molar-refractivity contribution in [2.75, 3.05) is 5.32 Å². The molecule has 0 heterocycles. The highest BCUT2D eigenvalue weighted by atomic mass is 28.4. The summed E-state index contributed by atoms with van der Waals surface area (Å²) >= 11 is 0. The Morgan fingerprint density at radius 2 is 1.45 bits per heavy atom. The molecule has 0 unspecified atom stereocenters. The molecule has 0 bridgehead atoms. The van der Waals surface area contributed by atoms with Crippen LogP contribution < -0.4 is 5.32 Å². The first-order valence-electron chi connectivity index (χ1n) is 8.20. The molecule has 0 aliphatic carbocycles. The normalized spacial score (nSPS) is 12.3. The van der Waals surface area contributed by atoms with Gasteiger partial charge in [-0.15, -0.1) is 0 Å². The Morgan fingerprint density at radius 1 is 1.00 bits per heavy atom. The Kier molecular flexibility index (Phi) is 6.82. The molecular formula is C18H31NO2Si. The highest BCUT2D eigenvalue weighted by molar-refractivity contribution is 6.77. The topological polar surface area (TPSA) is 38.3 Å². The maximum Gasteiger partial charge on any atom is 0.221 e. The number of benzene rings is 1. The fourth-order valence-electron chi connectivity index (χ4n) is 3.60. The molecule has 1 aromatic carbocycles. The molecule has 0 spiro atoms. The van der Waals surface area contributed by atoms with Gasteiger partial charge in [-0.05, 0) is 34.3 Å². The van der Waals surface area contributed by atoms with Crippen LogP contribution in [0.2, 0.25) is 16.6 Å². The first-order chi connectivity index (χ1) is 10.2. The van der Waals surface area contributed by atoms with Gasteiger partial charge in [0, 0.05) is 12.6 Å². The van der Waals surface area contributed by atoms with E-state index in [1.54, 1.807) is 0 Å². The molecule has 1 rings (SSSR count). The predicted octanol–water partition coefficient (Wildman–Crippen LogP) is 5.34. The second kappa shape index (κ2) is 7.93. The van der Waals surface area contributed by atoms with Gasteiger partial charge in [0.2, 0.25) is 14.2 Å². The molecule has 22 heavy (non-hydrogen) atoms. The number of carbonyl (C=O) groups excluding carboxylic acids is 1. The smallest absolute Gasteiger partial charge is 0.221 e. The zero-order valence-electron chi connectivity index (χ0n) is 15.1. The maximum absolute atomic E-state index is 11.0. The van der Waals surface area contributed by atoms with Gasteiger partial charge in [0.1, 0.15) is 0 Å². The number of anilines is 1. The van der Waals surface area contributed by atoms with Crippen LogP contribution in [0.5, 0.6) is 0 Å². The van der Waals surface area contributed by atoms with Crippen molar-refractivity contribution >= 4 is 19.9 Å². The van der Waals surface area contributed by atoms with Gasteiger partial charge in [-0.3, -0.25) is 4.79 Å². The molecular weight excluding hydrogens is 290 g/mol. The van der Waals surface area contributed by atoms with Crippen LogP contribution in [0.1, 0.15) is 54.0 Å². The van der Waals surface area contributed by atoms with Crippen LogP contribution in [0.15, 0.2) is 24.3 Å². The van der Waals surface area contributed by atoms with E-state index in [2.05, 4.69) is 46.9 Å². The van der Waals surface area contributed by atoms with Crippen molar-refractivity contribution in [1.29, 1.82) is 0 Å². The van der Waals surface area contributed by atoms with Crippen molar-refractivity contribution in [3.8, 4) is 0 Å². The Balaban J connectivity index is 2.83. The lowest BCUT2D eigenvalue weighted by molar-refractivity contribution is -0.114. The molecule has 0 aliphatic heterocycles. The highest BCUT2D eigenvalue weighted by Gasteiger charge is 2.44. The number of hydrogen-bond acceptors (Lipinski definition) is 2. The second-order valence-electron chi connectivity index (χ2n) is 6.98. The summed E-state index contributed by atoms with van der Waals surface area (Å²) in [5, 5.41) is 2.79. The third-order valence-electron chi connectivity index (χ3n) is 4.47. The summed E-state index contributed by atoms with van der Waals surface area (Å²) in [6.07, 6.45) is 0. The van der Waals surface area contributed by atoms with Crippen LogP contribution in [0, 0.1) is 0 Å². The van der Waals surface area contributed by atoms with Crippen molar-refractivity contribution < 1.29 is 9.22 Å². The molecule has 0 radical (unpaired) electrons. The summed E-state index contributed by atoms with van der Waals surface area (Å²) in [6, 6.07) is 7.93. The Bertz CT molecular complexity index is 459. The summed E-state index contributed by atoms with van der Waals surface area (Å²) in [4.78, 5) is 11.0. The number of nitrogens with one attached hydrogen (secondary N) is 1. The van der Waals surface area contributed by atoms with Crippen molar-refractivity contribution in [2.24, 2.45) is 0 Å². The zero-order chi connectivity index (χ0) is 16.9. The van der Waals surface area contributed by atoms with Gasteiger partial charge in [-0.2, -0.15) is 0 Å². The number of amides is 1. The summed E-state index contributed by atoms with van der Waals surface area (Å²) in [5.74, 6) is -0.0464. The summed E-state index contributed by atoms with van der Waals surface area (Å²) in [6.45, 7) is 16.0. The molecule has 0 saturated carbocycles. The van der Waals surface area contributed by atoms with Crippen LogP contribution in [-0.2, 0) is 15.8 Å². The molecule has 0 saturated heterocycles. The van der Waals surface area contributed by atoms with Crippen molar-refractivity contribution in [3.63, 3.8) is 0 Å². The molecule has 3 nitrogen and oxygen atoms in total. The van der Waals surface area contributed by atoms with Gasteiger partial charge >= 0.3 is 0 Å². The fraction of sp³-hybridized carbons (Fsp3) is 0.611. The summed E-state index contributed by atoms with van der Waals surface area (Å²) in [7, 11) is -1.82. The van der Waals surface area contributed by atoms with E-state index >= 15 is 0 Å². The first kappa shape index (κ1) is 18.9. The lowest BCUT2D eigenvalue weighted by Crippen LogP contribution is -2.47. The first-order valence-corrected chi connectivity index (χ1v) is 10.3. The maximum atomic E-state index is 11.0. The van der Waals surface area contributed by atoms with E-state index in [9.17, 15) is 4.79 Å². The minimum atomic E-state index is -1.82. The van der Waals surface area contributed by atoms with E-state index < -0.39 is 8.32 Å². The largest absolute Gasteiger partial charge is 0.412 e. The van der Waals surface area contributed by atoms with Crippen molar-refractivity contribution in [1.82, 2.24) is 0 Å².